The van der Waals surface area contributed by atoms with Crippen molar-refractivity contribution < 1.29 is 13.2 Å². The van der Waals surface area contributed by atoms with Gasteiger partial charge in [-0.15, -0.1) is 0 Å². The highest BCUT2D eigenvalue weighted by Gasteiger charge is 2.49. The maximum atomic E-state index is 12.0. The monoisotopic (exact) mass is 408 g/mol. The van der Waals surface area contributed by atoms with Crippen molar-refractivity contribution in [3.63, 3.8) is 0 Å². The van der Waals surface area contributed by atoms with Crippen molar-refractivity contribution in [2.45, 2.75) is 18.2 Å². The smallest absolute Gasteiger partial charge is 0.161 e. The number of aryl methyl sites for hydroxylation is 1. The number of anilines is 1. The van der Waals surface area contributed by atoms with Crippen LogP contribution in [0.3, 0.4) is 0 Å². The second-order valence-corrected chi connectivity index (χ2v) is 10.3. The lowest BCUT2D eigenvalue weighted by Gasteiger charge is -2.26. The molecule has 2 atom stereocenters. The van der Waals surface area contributed by atoms with Gasteiger partial charge in [0.25, 0.3) is 0 Å². The van der Waals surface area contributed by atoms with E-state index in [1.165, 1.54) is 11.8 Å². The summed E-state index contributed by atoms with van der Waals surface area (Å²) in [5.41, 5.74) is 1.70. The molecule has 4 rings (SSSR count). The molecule has 0 radical (unpaired) electrons. The molecule has 0 saturated carbocycles. The SMILES string of the molecule is Cc1cccc(Oc2ccc(Cl)cc2N2C(=N)S[C@@H]3CS(=O)(=O)C[C@H]32)c1. The van der Waals surface area contributed by atoms with Gasteiger partial charge in [-0.1, -0.05) is 35.5 Å². The fraction of sp³-hybridized carbons (Fsp3) is 0.278. The first-order valence-electron chi connectivity index (χ1n) is 8.11. The van der Waals surface area contributed by atoms with E-state index >= 15 is 0 Å². The number of ether oxygens (including phenoxy) is 1. The molecular formula is C18H17ClN2O3S2. The van der Waals surface area contributed by atoms with Gasteiger partial charge in [0.2, 0.25) is 0 Å². The Morgan fingerprint density at radius 2 is 2.04 bits per heavy atom. The third-order valence-electron chi connectivity index (χ3n) is 4.48. The fourth-order valence-electron chi connectivity index (χ4n) is 3.36. The maximum Gasteiger partial charge on any atom is 0.161 e. The Morgan fingerprint density at radius 3 is 2.81 bits per heavy atom. The van der Waals surface area contributed by atoms with Crippen LogP contribution in [-0.4, -0.2) is 36.4 Å². The van der Waals surface area contributed by atoms with Crippen molar-refractivity contribution in [2.75, 3.05) is 16.4 Å². The van der Waals surface area contributed by atoms with Crippen LogP contribution in [0.25, 0.3) is 0 Å². The minimum atomic E-state index is -3.09. The van der Waals surface area contributed by atoms with Crippen LogP contribution >= 0.6 is 23.4 Å². The molecular weight excluding hydrogens is 392 g/mol. The van der Waals surface area contributed by atoms with Gasteiger partial charge in [-0.05, 0) is 42.8 Å². The van der Waals surface area contributed by atoms with E-state index in [1.807, 2.05) is 31.2 Å². The summed E-state index contributed by atoms with van der Waals surface area (Å²) < 4.78 is 30.1. The molecule has 0 aromatic heterocycles. The van der Waals surface area contributed by atoms with Crippen LogP contribution in [0, 0.1) is 12.3 Å². The standard InChI is InChI=1S/C18H17ClN2O3S2/c1-11-3-2-4-13(7-11)24-16-6-5-12(19)8-14(16)21-15-9-26(22,23)10-17(15)25-18(21)20/h2-8,15,17,20H,9-10H2,1H3/t15-,17-/m1/s1. The summed E-state index contributed by atoms with van der Waals surface area (Å²) >= 11 is 7.49. The zero-order valence-corrected chi connectivity index (χ0v) is 16.4. The predicted octanol–water partition coefficient (Wildman–Crippen LogP) is 4.09. The van der Waals surface area contributed by atoms with Gasteiger partial charge in [0.1, 0.15) is 5.75 Å². The van der Waals surface area contributed by atoms with E-state index in [2.05, 4.69) is 0 Å². The van der Waals surface area contributed by atoms with Gasteiger partial charge in [0.05, 0.1) is 23.2 Å². The molecule has 2 fully saturated rings. The fourth-order valence-corrected chi connectivity index (χ4v) is 7.31. The summed E-state index contributed by atoms with van der Waals surface area (Å²) in [6.07, 6.45) is 0. The van der Waals surface area contributed by atoms with Crippen LogP contribution in [0.1, 0.15) is 5.56 Å². The van der Waals surface area contributed by atoms with E-state index in [0.29, 0.717) is 27.4 Å². The van der Waals surface area contributed by atoms with Gasteiger partial charge < -0.3 is 9.64 Å². The number of nitrogens with zero attached hydrogens (tertiary/aromatic N) is 1. The van der Waals surface area contributed by atoms with Gasteiger partial charge in [0, 0.05) is 10.3 Å². The summed E-state index contributed by atoms with van der Waals surface area (Å²) in [6.45, 7) is 1.98. The first-order chi connectivity index (χ1) is 12.3. The molecule has 2 aliphatic heterocycles. The molecule has 0 spiro atoms. The molecule has 2 aliphatic rings. The maximum absolute atomic E-state index is 12.0. The highest BCUT2D eigenvalue weighted by atomic mass is 35.5. The van der Waals surface area contributed by atoms with Crippen molar-refractivity contribution in [2.24, 2.45) is 0 Å². The average Bonchev–Trinajstić information content (AvgIpc) is 2.99. The molecule has 5 nitrogen and oxygen atoms in total. The average molecular weight is 409 g/mol. The molecule has 1 N–H and O–H groups in total. The van der Waals surface area contributed by atoms with Crippen molar-refractivity contribution in [3.05, 3.63) is 53.1 Å². The van der Waals surface area contributed by atoms with Crippen LogP contribution in [0.5, 0.6) is 11.5 Å². The summed E-state index contributed by atoms with van der Waals surface area (Å²) in [4.78, 5) is 1.75. The Hall–Kier alpha value is -1.70. The lowest BCUT2D eigenvalue weighted by Crippen LogP contribution is -2.37. The van der Waals surface area contributed by atoms with Crippen LogP contribution in [0.4, 0.5) is 5.69 Å². The minimum Gasteiger partial charge on any atom is -0.455 e. The molecule has 0 amide bonds. The molecule has 26 heavy (non-hydrogen) atoms. The third kappa shape index (κ3) is 3.31. The lowest BCUT2D eigenvalue weighted by atomic mass is 10.2. The predicted molar refractivity (Wildman–Crippen MR) is 107 cm³/mol. The van der Waals surface area contributed by atoms with Gasteiger partial charge in [0.15, 0.2) is 20.8 Å². The third-order valence-corrected chi connectivity index (χ3v) is 7.85. The van der Waals surface area contributed by atoms with Crippen molar-refractivity contribution in [1.29, 1.82) is 5.41 Å². The first kappa shape index (κ1) is 17.7. The van der Waals surface area contributed by atoms with Gasteiger partial charge in [-0.25, -0.2) is 8.42 Å². The van der Waals surface area contributed by atoms with Crippen LogP contribution in [0.15, 0.2) is 42.5 Å². The van der Waals surface area contributed by atoms with E-state index in [0.717, 1.165) is 5.56 Å². The number of hydrogen-bond donors (Lipinski definition) is 1. The Kier molecular flexibility index (Phi) is 4.41. The van der Waals surface area contributed by atoms with Gasteiger partial charge in [-0.3, -0.25) is 5.41 Å². The zero-order valence-electron chi connectivity index (χ0n) is 14.0. The summed E-state index contributed by atoms with van der Waals surface area (Å²) in [5, 5.41) is 9.06. The van der Waals surface area contributed by atoms with E-state index in [4.69, 9.17) is 21.7 Å². The van der Waals surface area contributed by atoms with Crippen LogP contribution in [0.2, 0.25) is 5.02 Å². The highest BCUT2D eigenvalue weighted by molar-refractivity contribution is 8.15. The zero-order chi connectivity index (χ0) is 18.5. The van der Waals surface area contributed by atoms with E-state index < -0.39 is 9.84 Å². The number of amidine groups is 1. The summed E-state index contributed by atoms with van der Waals surface area (Å²) in [5.74, 6) is 1.39. The van der Waals surface area contributed by atoms with Crippen molar-refractivity contribution in [1.82, 2.24) is 0 Å². The molecule has 2 aromatic rings. The first-order valence-corrected chi connectivity index (χ1v) is 11.2. The second kappa shape index (κ2) is 6.48. The van der Waals surface area contributed by atoms with Crippen LogP contribution in [-0.2, 0) is 9.84 Å². The molecule has 136 valence electrons. The normalized spacial score (nSPS) is 23.9. The number of fused-ring (bicyclic) bond motifs is 1. The number of sulfone groups is 1. The number of halogens is 1. The minimum absolute atomic E-state index is 0.0451. The largest absolute Gasteiger partial charge is 0.455 e. The van der Waals surface area contributed by atoms with Crippen LogP contribution < -0.4 is 9.64 Å². The lowest BCUT2D eigenvalue weighted by molar-refractivity contribution is 0.481. The van der Waals surface area contributed by atoms with Crippen molar-refractivity contribution in [3.8, 4) is 11.5 Å². The summed E-state index contributed by atoms with van der Waals surface area (Å²) in [7, 11) is -3.09. The Morgan fingerprint density at radius 1 is 1.23 bits per heavy atom. The number of hydrogen-bond acceptors (Lipinski definition) is 5. The van der Waals surface area contributed by atoms with Gasteiger partial charge >= 0.3 is 0 Å². The second-order valence-electron chi connectivity index (χ2n) is 6.51. The molecule has 8 heteroatoms. The Labute approximate surface area is 161 Å². The topological polar surface area (TPSA) is 70.5 Å². The number of nitrogens with one attached hydrogen (secondary N) is 1. The van der Waals surface area contributed by atoms with E-state index in [9.17, 15) is 8.42 Å². The molecule has 2 aromatic carbocycles. The molecule has 2 heterocycles. The number of rotatable bonds is 3. The van der Waals surface area contributed by atoms with E-state index in [1.54, 1.807) is 23.1 Å². The van der Waals surface area contributed by atoms with Crippen molar-refractivity contribution >= 4 is 44.1 Å². The molecule has 0 unspecified atom stereocenters. The van der Waals surface area contributed by atoms with Gasteiger partial charge in [-0.2, -0.15) is 0 Å². The molecule has 2 saturated heterocycles. The highest BCUT2D eigenvalue weighted by Crippen LogP contribution is 2.45. The Balaban J connectivity index is 1.74. The van der Waals surface area contributed by atoms with E-state index in [-0.39, 0.29) is 22.8 Å². The molecule has 0 bridgehead atoms. The quantitative estimate of drug-likeness (QED) is 0.828. The number of thioether (sulfide) groups is 1. The number of benzene rings is 2. The molecule has 0 aliphatic carbocycles. The summed E-state index contributed by atoms with van der Waals surface area (Å²) in [6, 6.07) is 12.6. The Bertz CT molecular complexity index is 994.